The summed E-state index contributed by atoms with van der Waals surface area (Å²) < 4.78 is 15.5. The summed E-state index contributed by atoms with van der Waals surface area (Å²) in [5.41, 5.74) is 10.8. The number of benzene rings is 2. The number of pyridine rings is 1. The molecular formula is C21H18FN2O+. The van der Waals surface area contributed by atoms with Crippen molar-refractivity contribution in [3.05, 3.63) is 76.7 Å². The SMILES string of the molecule is C[n+]1c2c(c(N)c3ccccc31)C(=O)/C(=C\c1cccc(F)c1)CC2. The smallest absolute Gasteiger partial charge is 0.214 e. The molecule has 0 saturated heterocycles. The Morgan fingerprint density at radius 2 is 1.92 bits per heavy atom. The first-order chi connectivity index (χ1) is 12.1. The molecule has 4 heteroatoms. The summed E-state index contributed by atoms with van der Waals surface area (Å²) in [5.74, 6) is -0.376. The van der Waals surface area contributed by atoms with Crippen molar-refractivity contribution in [2.75, 3.05) is 5.73 Å². The first-order valence-corrected chi connectivity index (χ1v) is 8.26. The summed E-state index contributed by atoms with van der Waals surface area (Å²) in [6, 6.07) is 14.1. The van der Waals surface area contributed by atoms with Crippen LogP contribution in [-0.4, -0.2) is 5.78 Å². The molecule has 124 valence electrons. The molecule has 0 atom stereocenters. The van der Waals surface area contributed by atoms with Crippen molar-refractivity contribution in [3.8, 4) is 0 Å². The summed E-state index contributed by atoms with van der Waals surface area (Å²) in [4.78, 5) is 13.1. The largest absolute Gasteiger partial charge is 0.397 e. The average molecular weight is 333 g/mol. The van der Waals surface area contributed by atoms with E-state index in [0.717, 1.165) is 23.0 Å². The molecule has 0 bridgehead atoms. The Labute approximate surface area is 145 Å². The fraction of sp³-hybridized carbons (Fsp3) is 0.143. The first-order valence-electron chi connectivity index (χ1n) is 8.26. The van der Waals surface area contributed by atoms with Gasteiger partial charge in [-0.1, -0.05) is 24.3 Å². The van der Waals surface area contributed by atoms with Crippen LogP contribution in [0.4, 0.5) is 10.1 Å². The third kappa shape index (κ3) is 2.50. The lowest BCUT2D eigenvalue weighted by Crippen LogP contribution is -2.39. The van der Waals surface area contributed by atoms with Gasteiger partial charge in [-0.25, -0.2) is 4.39 Å². The van der Waals surface area contributed by atoms with Crippen LogP contribution in [0.15, 0.2) is 54.1 Å². The van der Waals surface area contributed by atoms with Crippen LogP contribution in [0.1, 0.15) is 28.0 Å². The molecule has 0 amide bonds. The molecule has 0 radical (unpaired) electrons. The number of fused-ring (bicyclic) bond motifs is 2. The number of hydrogen-bond donors (Lipinski definition) is 1. The van der Waals surface area contributed by atoms with Gasteiger partial charge in [-0.2, -0.15) is 4.57 Å². The molecule has 1 aromatic heterocycles. The standard InChI is InChI=1S/C21H17FN2O/c1-24-17-8-3-2-7-16(17)20(23)19-18(24)10-9-14(21(19)25)11-13-5-4-6-15(22)12-13/h2-8,11-12,23H,9-10H2,1H3/p+1/b14-11-. The van der Waals surface area contributed by atoms with Crippen molar-refractivity contribution in [1.29, 1.82) is 0 Å². The van der Waals surface area contributed by atoms with Gasteiger partial charge in [0.25, 0.3) is 0 Å². The van der Waals surface area contributed by atoms with E-state index in [9.17, 15) is 9.18 Å². The Bertz CT molecular complexity index is 1050. The number of nitrogens with two attached hydrogens (primary N) is 1. The van der Waals surface area contributed by atoms with E-state index in [0.29, 0.717) is 28.8 Å². The molecule has 2 aromatic carbocycles. The van der Waals surface area contributed by atoms with Crippen LogP contribution in [0.3, 0.4) is 0 Å². The third-order valence-corrected chi connectivity index (χ3v) is 4.86. The van der Waals surface area contributed by atoms with Crippen molar-refractivity contribution >= 4 is 28.4 Å². The van der Waals surface area contributed by atoms with Gasteiger partial charge in [0.15, 0.2) is 11.5 Å². The van der Waals surface area contributed by atoms with Gasteiger partial charge >= 0.3 is 0 Å². The third-order valence-electron chi connectivity index (χ3n) is 4.86. The van der Waals surface area contributed by atoms with Gasteiger partial charge in [0.1, 0.15) is 18.4 Å². The van der Waals surface area contributed by atoms with E-state index in [1.54, 1.807) is 18.2 Å². The number of aromatic nitrogens is 1. The monoisotopic (exact) mass is 333 g/mol. The van der Waals surface area contributed by atoms with Crippen LogP contribution < -0.4 is 10.3 Å². The predicted octanol–water partition coefficient (Wildman–Crippen LogP) is 3.60. The summed E-state index contributed by atoms with van der Waals surface area (Å²) in [6.07, 6.45) is 3.12. The Kier molecular flexibility index (Phi) is 3.61. The van der Waals surface area contributed by atoms with Crippen LogP contribution in [-0.2, 0) is 13.5 Å². The molecule has 0 fully saturated rings. The fourth-order valence-electron chi connectivity index (χ4n) is 3.61. The number of halogens is 1. The minimum atomic E-state index is -0.310. The van der Waals surface area contributed by atoms with Crippen LogP contribution in [0.5, 0.6) is 0 Å². The van der Waals surface area contributed by atoms with Crippen molar-refractivity contribution in [3.63, 3.8) is 0 Å². The number of rotatable bonds is 1. The number of carbonyl (C=O) groups is 1. The van der Waals surface area contributed by atoms with Crippen molar-refractivity contribution in [2.24, 2.45) is 7.05 Å². The molecule has 3 aromatic rings. The highest BCUT2D eigenvalue weighted by atomic mass is 19.1. The molecule has 4 rings (SSSR count). The number of Topliss-reactive ketones (excluding diaryl/α,β-unsaturated/α-hetero) is 1. The van der Waals surface area contributed by atoms with Gasteiger partial charge in [-0.15, -0.1) is 0 Å². The Balaban J connectivity index is 1.88. The van der Waals surface area contributed by atoms with Crippen LogP contribution in [0.2, 0.25) is 0 Å². The number of anilines is 1. The van der Waals surface area contributed by atoms with Gasteiger partial charge < -0.3 is 5.73 Å². The molecule has 3 nitrogen and oxygen atoms in total. The highest BCUT2D eigenvalue weighted by molar-refractivity contribution is 6.18. The fourth-order valence-corrected chi connectivity index (χ4v) is 3.61. The lowest BCUT2D eigenvalue weighted by molar-refractivity contribution is -0.653. The maximum absolute atomic E-state index is 13.4. The number of hydrogen-bond acceptors (Lipinski definition) is 2. The first kappa shape index (κ1) is 15.5. The molecule has 2 N–H and O–H groups in total. The summed E-state index contributed by atoms with van der Waals surface area (Å²) in [6.45, 7) is 0. The number of ketones is 1. The van der Waals surface area contributed by atoms with Gasteiger partial charge in [-0.05, 0) is 36.3 Å². The van der Waals surface area contributed by atoms with E-state index in [1.165, 1.54) is 12.1 Å². The van der Waals surface area contributed by atoms with Gasteiger partial charge in [0.05, 0.1) is 11.1 Å². The second-order valence-corrected chi connectivity index (χ2v) is 6.37. The van der Waals surface area contributed by atoms with Crippen molar-refractivity contribution < 1.29 is 13.8 Å². The Morgan fingerprint density at radius 3 is 2.72 bits per heavy atom. The zero-order chi connectivity index (χ0) is 17.6. The molecule has 1 aliphatic carbocycles. The van der Waals surface area contributed by atoms with E-state index in [1.807, 2.05) is 31.3 Å². The van der Waals surface area contributed by atoms with Crippen molar-refractivity contribution in [1.82, 2.24) is 0 Å². The predicted molar refractivity (Wildman–Crippen MR) is 96.6 cm³/mol. The quantitative estimate of drug-likeness (QED) is 0.546. The number of aryl methyl sites for hydroxylation is 1. The Hall–Kier alpha value is -3.01. The minimum absolute atomic E-state index is 0.0654. The summed E-state index contributed by atoms with van der Waals surface area (Å²) >= 11 is 0. The second-order valence-electron chi connectivity index (χ2n) is 6.37. The highest BCUT2D eigenvalue weighted by Crippen LogP contribution is 2.32. The lowest BCUT2D eigenvalue weighted by Gasteiger charge is -2.18. The van der Waals surface area contributed by atoms with Gasteiger partial charge in [0, 0.05) is 18.1 Å². The topological polar surface area (TPSA) is 47.0 Å². The lowest BCUT2D eigenvalue weighted by atomic mass is 9.86. The molecule has 25 heavy (non-hydrogen) atoms. The van der Waals surface area contributed by atoms with E-state index in [4.69, 9.17) is 5.73 Å². The minimum Gasteiger partial charge on any atom is -0.397 e. The molecule has 0 saturated carbocycles. The van der Waals surface area contributed by atoms with Crippen LogP contribution in [0, 0.1) is 5.82 Å². The van der Waals surface area contributed by atoms with E-state index < -0.39 is 0 Å². The molecule has 0 spiro atoms. The summed E-state index contributed by atoms with van der Waals surface area (Å²) in [7, 11) is 1.97. The number of para-hydroxylation sites is 1. The molecule has 1 aliphatic rings. The zero-order valence-corrected chi connectivity index (χ0v) is 13.9. The Morgan fingerprint density at radius 1 is 1.12 bits per heavy atom. The normalized spacial score (nSPS) is 15.6. The second kappa shape index (κ2) is 5.81. The molecule has 0 unspecified atom stereocenters. The molecular weight excluding hydrogens is 315 g/mol. The van der Waals surface area contributed by atoms with Gasteiger partial charge in [0.2, 0.25) is 5.52 Å². The number of carbonyl (C=O) groups excluding carboxylic acids is 1. The van der Waals surface area contributed by atoms with E-state index in [-0.39, 0.29) is 11.6 Å². The zero-order valence-electron chi connectivity index (χ0n) is 13.9. The number of allylic oxidation sites excluding steroid dienone is 1. The van der Waals surface area contributed by atoms with Crippen LogP contribution >= 0.6 is 0 Å². The number of nitrogens with zero attached hydrogens (tertiary/aromatic N) is 1. The molecule has 1 heterocycles. The van der Waals surface area contributed by atoms with Gasteiger partial charge in [-0.3, -0.25) is 4.79 Å². The maximum Gasteiger partial charge on any atom is 0.214 e. The highest BCUT2D eigenvalue weighted by Gasteiger charge is 2.32. The summed E-state index contributed by atoms with van der Waals surface area (Å²) in [5, 5.41) is 0.879. The van der Waals surface area contributed by atoms with E-state index in [2.05, 4.69) is 4.57 Å². The molecule has 0 aliphatic heterocycles. The van der Waals surface area contributed by atoms with Crippen LogP contribution in [0.25, 0.3) is 17.0 Å². The van der Waals surface area contributed by atoms with E-state index >= 15 is 0 Å². The number of nitrogen functional groups attached to an aromatic ring is 1. The maximum atomic E-state index is 13.4. The van der Waals surface area contributed by atoms with Crippen molar-refractivity contribution in [2.45, 2.75) is 12.8 Å². The average Bonchev–Trinajstić information content (AvgIpc) is 2.61.